The van der Waals surface area contributed by atoms with Crippen LogP contribution in [0.2, 0.25) is 0 Å². The van der Waals surface area contributed by atoms with Crippen LogP contribution in [0.1, 0.15) is 0 Å². The second kappa shape index (κ2) is 3.88. The molecule has 0 aromatic heterocycles. The third kappa shape index (κ3) is 1.99. The van der Waals surface area contributed by atoms with Gasteiger partial charge in [0.25, 0.3) is 0 Å². The van der Waals surface area contributed by atoms with Crippen LogP contribution in [0.25, 0.3) is 0 Å². The molecular weight excluding hydrogens is 277 g/mol. The summed E-state index contributed by atoms with van der Waals surface area (Å²) in [5, 5.41) is 0. The first-order valence-corrected chi connectivity index (χ1v) is 2.65. The Morgan fingerprint density at radius 2 is 2.50 bits per heavy atom. The van der Waals surface area contributed by atoms with E-state index in [4.69, 9.17) is 0 Å². The molecule has 6 heavy (non-hydrogen) atoms. The Hall–Kier alpha value is 0.708. The van der Waals surface area contributed by atoms with E-state index < -0.39 is 0 Å². The van der Waals surface area contributed by atoms with E-state index in [0.29, 0.717) is 0 Å². The first-order chi connectivity index (χ1) is 2.50. The Morgan fingerprint density at radius 3 is 2.67 bits per heavy atom. The zero-order valence-electron chi connectivity index (χ0n) is 3.16. The molecule has 0 bridgehead atoms. The van der Waals surface area contributed by atoms with E-state index in [-0.39, 0.29) is 21.1 Å². The van der Waals surface area contributed by atoms with Crippen LogP contribution in [0.3, 0.4) is 0 Å². The Kier molecular flexibility index (Phi) is 4.34. The first kappa shape index (κ1) is 6.71. The molecule has 0 fully saturated rings. The molecule has 1 aliphatic heterocycles. The maximum Gasteiger partial charge on any atom is 0.0542 e. The van der Waals surface area contributed by atoms with Crippen molar-refractivity contribution in [2.24, 2.45) is 4.99 Å². The van der Waals surface area contributed by atoms with Crippen LogP contribution in [-0.4, -0.2) is 17.8 Å². The Labute approximate surface area is 55.9 Å². The topological polar surface area (TPSA) is 12.4 Å². The molecule has 0 unspecified atom stereocenters. The zero-order valence-corrected chi connectivity index (χ0v) is 6.25. The molecule has 38 valence electrons. The SMILES string of the molecule is C1=NCCS1.[Pt]. The average molecular weight is 282 g/mol. The van der Waals surface area contributed by atoms with Crippen molar-refractivity contribution >= 4 is 17.3 Å². The average Bonchev–Trinajstić information content (AvgIpc) is 1.76. The van der Waals surface area contributed by atoms with Crippen molar-refractivity contribution in [1.82, 2.24) is 0 Å². The number of rotatable bonds is 0. The summed E-state index contributed by atoms with van der Waals surface area (Å²) in [6.07, 6.45) is 0. The van der Waals surface area contributed by atoms with Crippen LogP contribution in [0.5, 0.6) is 0 Å². The maximum absolute atomic E-state index is 3.92. The van der Waals surface area contributed by atoms with E-state index in [0.717, 1.165) is 6.54 Å². The summed E-state index contributed by atoms with van der Waals surface area (Å²) in [4.78, 5) is 3.92. The largest absolute Gasteiger partial charge is 0.285 e. The fourth-order valence-corrected chi connectivity index (χ4v) is 0.791. The number of nitrogens with zero attached hydrogens (tertiary/aromatic N) is 1. The summed E-state index contributed by atoms with van der Waals surface area (Å²) in [7, 11) is 0. The molecule has 1 nitrogen and oxygen atoms in total. The predicted octanol–water partition coefficient (Wildman–Crippen LogP) is 0.759. The number of thioether (sulfide) groups is 1. The molecule has 0 amide bonds. The van der Waals surface area contributed by atoms with Gasteiger partial charge in [-0.25, -0.2) is 0 Å². The molecule has 0 saturated heterocycles. The molecule has 0 N–H and O–H groups in total. The minimum absolute atomic E-state index is 0. The van der Waals surface area contributed by atoms with Gasteiger partial charge in [0.05, 0.1) is 5.55 Å². The summed E-state index contributed by atoms with van der Waals surface area (Å²) in [5.74, 6) is 1.19. The van der Waals surface area contributed by atoms with Gasteiger partial charge in [-0.15, -0.1) is 11.8 Å². The van der Waals surface area contributed by atoms with E-state index in [1.165, 1.54) is 5.75 Å². The molecule has 1 aliphatic rings. The van der Waals surface area contributed by atoms with Gasteiger partial charge in [0.15, 0.2) is 0 Å². The van der Waals surface area contributed by atoms with Crippen molar-refractivity contribution in [1.29, 1.82) is 0 Å². The van der Waals surface area contributed by atoms with E-state index >= 15 is 0 Å². The number of aliphatic imine (C=N–C) groups is 1. The fourth-order valence-electron chi connectivity index (χ4n) is 0.264. The number of hydrogen-bond donors (Lipinski definition) is 0. The van der Waals surface area contributed by atoms with Crippen LogP contribution in [0.4, 0.5) is 0 Å². The van der Waals surface area contributed by atoms with Gasteiger partial charge in [0.2, 0.25) is 0 Å². The molecule has 0 atom stereocenters. The van der Waals surface area contributed by atoms with E-state index in [2.05, 4.69) is 4.99 Å². The molecule has 3 heteroatoms. The summed E-state index contributed by atoms with van der Waals surface area (Å²) < 4.78 is 0. The molecule has 0 radical (unpaired) electrons. The van der Waals surface area contributed by atoms with Crippen LogP contribution >= 0.6 is 11.8 Å². The second-order valence-corrected chi connectivity index (χ2v) is 1.83. The minimum atomic E-state index is 0. The van der Waals surface area contributed by atoms with Gasteiger partial charge >= 0.3 is 0 Å². The standard InChI is InChI=1S/C3H5NS.Pt/c1-2-5-3-4-1;/h3H,1-2H2;. The van der Waals surface area contributed by atoms with Crippen molar-refractivity contribution in [2.45, 2.75) is 0 Å². The molecule has 1 heterocycles. The van der Waals surface area contributed by atoms with Crippen molar-refractivity contribution in [3.63, 3.8) is 0 Å². The Balaban J connectivity index is 0.000000250. The van der Waals surface area contributed by atoms with E-state index in [9.17, 15) is 0 Å². The van der Waals surface area contributed by atoms with Crippen LogP contribution in [0.15, 0.2) is 4.99 Å². The monoisotopic (exact) mass is 282 g/mol. The Bertz CT molecular complexity index is 48.8. The summed E-state index contributed by atoms with van der Waals surface area (Å²) >= 11 is 1.78. The normalized spacial score (nSPS) is 17.3. The fraction of sp³-hybridized carbons (Fsp3) is 0.667. The summed E-state index contributed by atoms with van der Waals surface area (Å²) in [6.45, 7) is 1.03. The van der Waals surface area contributed by atoms with Crippen molar-refractivity contribution in [3.05, 3.63) is 0 Å². The van der Waals surface area contributed by atoms with Gasteiger partial charge in [-0.2, -0.15) is 0 Å². The van der Waals surface area contributed by atoms with E-state index in [1.54, 1.807) is 11.8 Å². The van der Waals surface area contributed by atoms with Gasteiger partial charge in [-0.05, 0) is 0 Å². The first-order valence-electron chi connectivity index (χ1n) is 1.60. The third-order valence-electron chi connectivity index (χ3n) is 0.487. The minimum Gasteiger partial charge on any atom is -0.285 e. The molecular formula is C3H5NPtS. The van der Waals surface area contributed by atoms with Crippen LogP contribution in [-0.2, 0) is 21.1 Å². The van der Waals surface area contributed by atoms with Crippen molar-refractivity contribution < 1.29 is 21.1 Å². The van der Waals surface area contributed by atoms with Gasteiger partial charge in [-0.1, -0.05) is 0 Å². The van der Waals surface area contributed by atoms with Crippen molar-refractivity contribution in [3.8, 4) is 0 Å². The predicted molar refractivity (Wildman–Crippen MR) is 25.8 cm³/mol. The summed E-state index contributed by atoms with van der Waals surface area (Å²) in [5.41, 5.74) is 1.90. The number of hydrogen-bond acceptors (Lipinski definition) is 2. The maximum atomic E-state index is 3.92. The van der Waals surface area contributed by atoms with Crippen molar-refractivity contribution in [2.75, 3.05) is 12.3 Å². The van der Waals surface area contributed by atoms with Gasteiger partial charge < -0.3 is 0 Å². The van der Waals surface area contributed by atoms with Crippen LogP contribution in [0, 0.1) is 0 Å². The molecule has 0 spiro atoms. The zero-order chi connectivity index (χ0) is 3.54. The second-order valence-electron chi connectivity index (χ2n) is 0.882. The smallest absolute Gasteiger partial charge is 0.0542 e. The summed E-state index contributed by atoms with van der Waals surface area (Å²) in [6, 6.07) is 0. The molecule has 0 aliphatic carbocycles. The molecule has 0 aromatic rings. The Morgan fingerprint density at radius 1 is 1.67 bits per heavy atom. The van der Waals surface area contributed by atoms with E-state index in [1.807, 2.05) is 5.55 Å². The molecule has 0 saturated carbocycles. The molecule has 0 aromatic carbocycles. The quantitative estimate of drug-likeness (QED) is 0.639. The molecule has 1 rings (SSSR count). The van der Waals surface area contributed by atoms with Crippen LogP contribution < -0.4 is 0 Å². The van der Waals surface area contributed by atoms with Gasteiger partial charge in [0, 0.05) is 33.4 Å². The van der Waals surface area contributed by atoms with Gasteiger partial charge in [-0.3, -0.25) is 4.99 Å². The third-order valence-corrected chi connectivity index (χ3v) is 1.20. The van der Waals surface area contributed by atoms with Gasteiger partial charge in [0.1, 0.15) is 0 Å².